The van der Waals surface area contributed by atoms with Crippen molar-refractivity contribution < 1.29 is 0 Å². The van der Waals surface area contributed by atoms with Gasteiger partial charge < -0.3 is 0 Å². The number of aromatic nitrogens is 4. The summed E-state index contributed by atoms with van der Waals surface area (Å²) < 4.78 is 0. The second kappa shape index (κ2) is 5.35. The van der Waals surface area contributed by atoms with E-state index in [1.54, 1.807) is 6.20 Å². The van der Waals surface area contributed by atoms with Crippen LogP contribution < -0.4 is 0 Å². The second-order valence-corrected chi connectivity index (χ2v) is 5.09. The molecule has 0 fully saturated rings. The zero-order chi connectivity index (χ0) is 15.6. The van der Waals surface area contributed by atoms with Crippen molar-refractivity contribution in [3.05, 3.63) is 66.5 Å². The van der Waals surface area contributed by atoms with Crippen molar-refractivity contribution in [2.45, 2.75) is 0 Å². The van der Waals surface area contributed by atoms with Crippen LogP contribution >= 0.6 is 0 Å². The minimum Gasteiger partial charge on any atom is -0.256 e. The molecule has 108 valence electrons. The first-order valence-electron chi connectivity index (χ1n) is 7.12. The maximum atomic E-state index is 9.11. The van der Waals surface area contributed by atoms with Crippen LogP contribution in [0.5, 0.6) is 0 Å². The quantitative estimate of drug-likeness (QED) is 0.613. The SMILES string of the molecule is N#Cc1n[nH]nc1-c1cccc(-c2cccc3cccnc23)c1. The molecule has 0 aliphatic rings. The van der Waals surface area contributed by atoms with Crippen LogP contribution in [0.25, 0.3) is 33.3 Å². The summed E-state index contributed by atoms with van der Waals surface area (Å²) in [6, 6.07) is 20.0. The number of nitrogens with zero attached hydrogens (tertiary/aromatic N) is 4. The van der Waals surface area contributed by atoms with Crippen molar-refractivity contribution >= 4 is 10.9 Å². The molecule has 4 rings (SSSR count). The van der Waals surface area contributed by atoms with Crippen molar-refractivity contribution in [1.29, 1.82) is 5.26 Å². The third kappa shape index (κ3) is 2.23. The van der Waals surface area contributed by atoms with Crippen LogP contribution in [0.15, 0.2) is 60.8 Å². The number of benzene rings is 2. The van der Waals surface area contributed by atoms with E-state index in [2.05, 4.69) is 20.4 Å². The smallest absolute Gasteiger partial charge is 0.190 e. The van der Waals surface area contributed by atoms with Crippen molar-refractivity contribution in [2.75, 3.05) is 0 Å². The minimum absolute atomic E-state index is 0.290. The molecule has 5 heteroatoms. The van der Waals surface area contributed by atoms with E-state index < -0.39 is 0 Å². The van der Waals surface area contributed by atoms with E-state index in [9.17, 15) is 0 Å². The molecule has 2 heterocycles. The van der Waals surface area contributed by atoms with E-state index in [0.29, 0.717) is 5.69 Å². The topological polar surface area (TPSA) is 78.2 Å². The van der Waals surface area contributed by atoms with Gasteiger partial charge in [0.05, 0.1) is 5.52 Å². The maximum Gasteiger partial charge on any atom is 0.190 e. The number of hydrogen-bond donors (Lipinski definition) is 1. The van der Waals surface area contributed by atoms with Gasteiger partial charge in [0.2, 0.25) is 0 Å². The highest BCUT2D eigenvalue weighted by molar-refractivity contribution is 5.94. The summed E-state index contributed by atoms with van der Waals surface area (Å²) in [5.41, 5.74) is 4.72. The van der Waals surface area contributed by atoms with E-state index in [4.69, 9.17) is 5.26 Å². The second-order valence-electron chi connectivity index (χ2n) is 5.09. The number of nitriles is 1. The number of aromatic amines is 1. The Balaban J connectivity index is 1.91. The summed E-state index contributed by atoms with van der Waals surface area (Å²) in [7, 11) is 0. The van der Waals surface area contributed by atoms with E-state index in [1.165, 1.54) is 0 Å². The number of hydrogen-bond acceptors (Lipinski definition) is 4. The molecule has 23 heavy (non-hydrogen) atoms. The summed E-state index contributed by atoms with van der Waals surface area (Å²) in [5.74, 6) is 0. The fourth-order valence-electron chi connectivity index (χ4n) is 2.68. The average Bonchev–Trinajstić information content (AvgIpc) is 3.10. The van der Waals surface area contributed by atoms with Crippen molar-refractivity contribution in [2.24, 2.45) is 0 Å². The molecule has 2 aromatic heterocycles. The van der Waals surface area contributed by atoms with Gasteiger partial charge in [-0.3, -0.25) is 4.98 Å². The normalized spacial score (nSPS) is 10.6. The van der Waals surface area contributed by atoms with Crippen LogP contribution in [0, 0.1) is 11.3 Å². The van der Waals surface area contributed by atoms with Crippen LogP contribution in [0.1, 0.15) is 5.69 Å². The molecule has 0 bridgehead atoms. The molecule has 0 atom stereocenters. The minimum atomic E-state index is 0.290. The highest BCUT2D eigenvalue weighted by Gasteiger charge is 2.11. The molecule has 4 aromatic rings. The van der Waals surface area contributed by atoms with Crippen molar-refractivity contribution in [1.82, 2.24) is 20.4 Å². The molecule has 0 radical (unpaired) electrons. The monoisotopic (exact) mass is 297 g/mol. The zero-order valence-corrected chi connectivity index (χ0v) is 12.1. The predicted octanol–water partition coefficient (Wildman–Crippen LogP) is 3.56. The molecule has 0 aliphatic carbocycles. The molecular weight excluding hydrogens is 286 g/mol. The summed E-state index contributed by atoms with van der Waals surface area (Å²) in [6.45, 7) is 0. The molecule has 0 unspecified atom stereocenters. The third-order valence-corrected chi connectivity index (χ3v) is 3.73. The Morgan fingerprint density at radius 1 is 0.913 bits per heavy atom. The first kappa shape index (κ1) is 13.2. The highest BCUT2D eigenvalue weighted by Crippen LogP contribution is 2.30. The van der Waals surface area contributed by atoms with Gasteiger partial charge in [0.25, 0.3) is 0 Å². The summed E-state index contributed by atoms with van der Waals surface area (Å²) >= 11 is 0. The molecule has 0 aliphatic heterocycles. The number of H-pyrrole nitrogens is 1. The maximum absolute atomic E-state index is 9.11. The van der Waals surface area contributed by atoms with Crippen LogP contribution in [0.2, 0.25) is 0 Å². The Kier molecular flexibility index (Phi) is 3.06. The molecule has 0 saturated heterocycles. The first-order valence-corrected chi connectivity index (χ1v) is 7.12. The fourth-order valence-corrected chi connectivity index (χ4v) is 2.68. The third-order valence-electron chi connectivity index (χ3n) is 3.73. The van der Waals surface area contributed by atoms with Crippen LogP contribution in [-0.2, 0) is 0 Å². The van der Waals surface area contributed by atoms with Gasteiger partial charge >= 0.3 is 0 Å². The highest BCUT2D eigenvalue weighted by atomic mass is 15.3. The standard InChI is InChI=1S/C18H11N5/c19-11-16-18(22-23-21-16)14-6-1-5-13(10-14)15-8-2-4-12-7-3-9-20-17(12)15/h1-10H,(H,21,22,23). The molecule has 0 spiro atoms. The van der Waals surface area contributed by atoms with Gasteiger partial charge in [-0.1, -0.05) is 42.5 Å². The Hall–Kier alpha value is -3.52. The van der Waals surface area contributed by atoms with Crippen molar-refractivity contribution in [3.63, 3.8) is 0 Å². The van der Waals surface area contributed by atoms with E-state index in [0.717, 1.165) is 27.6 Å². The van der Waals surface area contributed by atoms with Gasteiger partial charge in [0, 0.05) is 22.7 Å². The molecule has 2 aromatic carbocycles. The lowest BCUT2D eigenvalue weighted by atomic mass is 9.99. The van der Waals surface area contributed by atoms with E-state index in [1.807, 2.05) is 60.7 Å². The zero-order valence-electron chi connectivity index (χ0n) is 12.1. The number of para-hydroxylation sites is 1. The van der Waals surface area contributed by atoms with Gasteiger partial charge in [-0.15, -0.1) is 5.10 Å². The van der Waals surface area contributed by atoms with Gasteiger partial charge in [-0.25, -0.2) is 0 Å². The average molecular weight is 297 g/mol. The van der Waals surface area contributed by atoms with Gasteiger partial charge in [-0.05, 0) is 17.7 Å². The van der Waals surface area contributed by atoms with Crippen molar-refractivity contribution in [3.8, 4) is 28.5 Å². The van der Waals surface area contributed by atoms with Crippen LogP contribution in [-0.4, -0.2) is 20.4 Å². The predicted molar refractivity (Wildman–Crippen MR) is 87.3 cm³/mol. The molecule has 5 nitrogen and oxygen atoms in total. The first-order chi connectivity index (χ1) is 11.4. The van der Waals surface area contributed by atoms with Gasteiger partial charge in [-0.2, -0.15) is 15.6 Å². The lowest BCUT2D eigenvalue weighted by Crippen LogP contribution is -1.87. The lowest BCUT2D eigenvalue weighted by molar-refractivity contribution is 0.937. The summed E-state index contributed by atoms with van der Waals surface area (Å²) in [4.78, 5) is 4.50. The Morgan fingerprint density at radius 2 is 1.74 bits per heavy atom. The number of fused-ring (bicyclic) bond motifs is 1. The molecule has 0 saturated carbocycles. The van der Waals surface area contributed by atoms with E-state index >= 15 is 0 Å². The molecular formula is C18H11N5. The Morgan fingerprint density at radius 3 is 2.65 bits per heavy atom. The summed E-state index contributed by atoms with van der Waals surface area (Å²) in [5, 5.41) is 20.6. The Labute approximate surface area is 132 Å². The molecule has 0 amide bonds. The largest absolute Gasteiger partial charge is 0.256 e. The number of nitrogens with one attached hydrogen (secondary N) is 1. The fraction of sp³-hybridized carbons (Fsp3) is 0. The lowest BCUT2D eigenvalue weighted by Gasteiger charge is -2.07. The summed E-state index contributed by atoms with van der Waals surface area (Å²) in [6.07, 6.45) is 1.79. The van der Waals surface area contributed by atoms with E-state index in [-0.39, 0.29) is 5.69 Å². The van der Waals surface area contributed by atoms with Crippen LogP contribution in [0.4, 0.5) is 0 Å². The van der Waals surface area contributed by atoms with Gasteiger partial charge in [0.1, 0.15) is 11.8 Å². The van der Waals surface area contributed by atoms with Gasteiger partial charge in [0.15, 0.2) is 5.69 Å². The van der Waals surface area contributed by atoms with Crippen LogP contribution in [0.3, 0.4) is 0 Å². The molecule has 1 N–H and O–H groups in total. The number of pyridine rings is 1. The Bertz CT molecular complexity index is 1040. The number of rotatable bonds is 2.